The largest absolute Gasteiger partial charge is 0.0988 e. The zero-order valence-corrected chi connectivity index (χ0v) is 4.22. The summed E-state index contributed by atoms with van der Waals surface area (Å²) >= 11 is 0. The zero-order chi connectivity index (χ0) is 5.11. The predicted octanol–water partition coefficient (Wildman–Crippen LogP) is 2.06. The van der Waals surface area contributed by atoms with Gasteiger partial charge in [0, 0.05) is 0 Å². The van der Waals surface area contributed by atoms with Crippen molar-refractivity contribution in [3.8, 4) is 0 Å². The molecule has 0 aliphatic heterocycles. The molecule has 0 amide bonds. The van der Waals surface area contributed by atoms with E-state index >= 15 is 0 Å². The maximum Gasteiger partial charge on any atom is -0.00945 e. The molecule has 0 nitrogen and oxygen atoms in total. The molecule has 0 bridgehead atoms. The van der Waals surface area contributed by atoms with Crippen molar-refractivity contribution in [2.75, 3.05) is 0 Å². The summed E-state index contributed by atoms with van der Waals surface area (Å²) in [5, 5.41) is 0. The Morgan fingerprint density at radius 2 is 2.57 bits per heavy atom. The molecule has 1 aliphatic carbocycles. The highest BCUT2D eigenvalue weighted by molar-refractivity contribution is 5.30. The lowest BCUT2D eigenvalue weighted by Crippen LogP contribution is -1.62. The second kappa shape index (κ2) is 1.78. The Morgan fingerprint density at radius 3 is 2.86 bits per heavy atom. The molecule has 0 saturated heterocycles. The molecule has 0 aromatic heterocycles. The van der Waals surface area contributed by atoms with Crippen LogP contribution in [-0.2, 0) is 0 Å². The fourth-order valence-corrected chi connectivity index (χ4v) is 0.615. The van der Waals surface area contributed by atoms with Gasteiger partial charge in [0.05, 0.1) is 0 Å². The van der Waals surface area contributed by atoms with Gasteiger partial charge in [-0.1, -0.05) is 30.9 Å². The van der Waals surface area contributed by atoms with Crippen LogP contribution in [0.2, 0.25) is 0 Å². The maximum atomic E-state index is 3.63. The minimum atomic E-state index is 1.07. The van der Waals surface area contributed by atoms with Crippen LogP contribution in [0.15, 0.2) is 36.5 Å². The average molecular weight is 92.1 g/mol. The lowest BCUT2D eigenvalue weighted by atomic mass is 10.2. The van der Waals surface area contributed by atoms with Crippen molar-refractivity contribution in [1.29, 1.82) is 0 Å². The van der Waals surface area contributed by atoms with Crippen LogP contribution in [-0.4, -0.2) is 0 Å². The molecule has 7 heavy (non-hydrogen) atoms. The smallest absolute Gasteiger partial charge is 0.00945 e. The van der Waals surface area contributed by atoms with E-state index in [2.05, 4.69) is 24.8 Å². The molecule has 0 spiro atoms. The molecule has 0 N–H and O–H groups in total. The Labute approximate surface area is 43.9 Å². The van der Waals surface area contributed by atoms with Crippen molar-refractivity contribution in [2.24, 2.45) is 0 Å². The van der Waals surface area contributed by atoms with Gasteiger partial charge in [0.15, 0.2) is 0 Å². The summed E-state index contributed by atoms with van der Waals surface area (Å²) in [7, 11) is 0. The van der Waals surface area contributed by atoms with Gasteiger partial charge in [0.1, 0.15) is 0 Å². The maximum absolute atomic E-state index is 3.63. The molecule has 0 aromatic carbocycles. The van der Waals surface area contributed by atoms with Crippen LogP contribution in [0.3, 0.4) is 0 Å². The standard InChI is InChI=1S/C7H8/c1-2-7-5-3-4-6-7/h2-5H,1,6H2. The molecule has 0 aromatic rings. The highest BCUT2D eigenvalue weighted by atomic mass is 13.9. The first-order valence-corrected chi connectivity index (χ1v) is 2.41. The molecule has 0 radical (unpaired) electrons. The van der Waals surface area contributed by atoms with Crippen molar-refractivity contribution >= 4 is 0 Å². The minimum absolute atomic E-state index is 1.07. The van der Waals surface area contributed by atoms with Crippen molar-refractivity contribution in [3.05, 3.63) is 36.5 Å². The zero-order valence-electron chi connectivity index (χ0n) is 4.22. The van der Waals surface area contributed by atoms with Gasteiger partial charge < -0.3 is 0 Å². The van der Waals surface area contributed by atoms with Crippen LogP contribution < -0.4 is 0 Å². The first-order chi connectivity index (χ1) is 3.43. The Kier molecular flexibility index (Phi) is 1.12. The van der Waals surface area contributed by atoms with E-state index in [1.165, 1.54) is 5.57 Å². The van der Waals surface area contributed by atoms with E-state index in [-0.39, 0.29) is 0 Å². The normalized spacial score (nSPS) is 16.9. The quantitative estimate of drug-likeness (QED) is 0.464. The van der Waals surface area contributed by atoms with Gasteiger partial charge in [-0.25, -0.2) is 0 Å². The Balaban J connectivity index is 2.61. The van der Waals surface area contributed by atoms with Gasteiger partial charge in [-0.15, -0.1) is 0 Å². The van der Waals surface area contributed by atoms with Gasteiger partial charge in [0.2, 0.25) is 0 Å². The number of allylic oxidation sites excluding steroid dienone is 5. The van der Waals surface area contributed by atoms with Gasteiger partial charge in [-0.05, 0) is 12.0 Å². The molecule has 0 fully saturated rings. The van der Waals surface area contributed by atoms with Crippen molar-refractivity contribution in [2.45, 2.75) is 6.42 Å². The second-order valence-corrected chi connectivity index (χ2v) is 1.58. The minimum Gasteiger partial charge on any atom is -0.0988 e. The van der Waals surface area contributed by atoms with Gasteiger partial charge >= 0.3 is 0 Å². The Morgan fingerprint density at radius 1 is 1.71 bits per heavy atom. The second-order valence-electron chi connectivity index (χ2n) is 1.58. The third kappa shape index (κ3) is 0.801. The Bertz CT molecular complexity index is 127. The summed E-state index contributed by atoms with van der Waals surface area (Å²) in [6.45, 7) is 3.63. The number of hydrogen-bond acceptors (Lipinski definition) is 0. The van der Waals surface area contributed by atoms with Gasteiger partial charge in [0.25, 0.3) is 0 Å². The van der Waals surface area contributed by atoms with Crippen LogP contribution in [0.1, 0.15) is 6.42 Å². The molecule has 0 atom stereocenters. The van der Waals surface area contributed by atoms with Crippen molar-refractivity contribution in [3.63, 3.8) is 0 Å². The van der Waals surface area contributed by atoms with Crippen LogP contribution in [0.4, 0.5) is 0 Å². The van der Waals surface area contributed by atoms with E-state index in [1.807, 2.05) is 6.08 Å². The lowest BCUT2D eigenvalue weighted by Gasteiger charge is -1.82. The molecule has 0 unspecified atom stereocenters. The van der Waals surface area contributed by atoms with E-state index in [0.717, 1.165) is 6.42 Å². The fourth-order valence-electron chi connectivity index (χ4n) is 0.615. The monoisotopic (exact) mass is 92.1 g/mol. The summed E-state index contributed by atoms with van der Waals surface area (Å²) in [4.78, 5) is 0. The first kappa shape index (κ1) is 4.38. The first-order valence-electron chi connectivity index (χ1n) is 2.41. The van der Waals surface area contributed by atoms with Crippen LogP contribution in [0, 0.1) is 0 Å². The van der Waals surface area contributed by atoms with Gasteiger partial charge in [-0.2, -0.15) is 0 Å². The van der Waals surface area contributed by atoms with E-state index in [1.54, 1.807) is 0 Å². The predicted molar refractivity (Wildman–Crippen MR) is 32.0 cm³/mol. The molecule has 1 rings (SSSR count). The summed E-state index contributed by atoms with van der Waals surface area (Å²) in [5.74, 6) is 0. The van der Waals surface area contributed by atoms with Gasteiger partial charge in [-0.3, -0.25) is 0 Å². The highest BCUT2D eigenvalue weighted by Gasteiger charge is 1.89. The van der Waals surface area contributed by atoms with Crippen molar-refractivity contribution < 1.29 is 0 Å². The molecular formula is C7H8. The molecular weight excluding hydrogens is 84.1 g/mol. The lowest BCUT2D eigenvalue weighted by molar-refractivity contribution is 1.34. The van der Waals surface area contributed by atoms with E-state index in [9.17, 15) is 0 Å². The summed E-state index contributed by atoms with van der Waals surface area (Å²) in [6.07, 6.45) is 9.21. The third-order valence-electron chi connectivity index (χ3n) is 1.06. The summed E-state index contributed by atoms with van der Waals surface area (Å²) < 4.78 is 0. The van der Waals surface area contributed by atoms with E-state index in [0.29, 0.717) is 0 Å². The molecule has 36 valence electrons. The van der Waals surface area contributed by atoms with E-state index < -0.39 is 0 Å². The van der Waals surface area contributed by atoms with Crippen LogP contribution >= 0.6 is 0 Å². The molecule has 1 aliphatic rings. The average Bonchev–Trinajstić information content (AvgIpc) is 2.14. The third-order valence-corrected chi connectivity index (χ3v) is 1.06. The van der Waals surface area contributed by atoms with Crippen LogP contribution in [0.25, 0.3) is 0 Å². The fraction of sp³-hybridized carbons (Fsp3) is 0.143. The SMILES string of the molecule is C=CC1=CC=CC1. The van der Waals surface area contributed by atoms with Crippen LogP contribution in [0.5, 0.6) is 0 Å². The molecule has 0 saturated carbocycles. The number of hydrogen-bond donors (Lipinski definition) is 0. The topological polar surface area (TPSA) is 0 Å². The molecule has 0 heteroatoms. The molecule has 0 heterocycles. The number of rotatable bonds is 1. The summed E-state index contributed by atoms with van der Waals surface area (Å²) in [5.41, 5.74) is 1.32. The van der Waals surface area contributed by atoms with Crippen molar-refractivity contribution in [1.82, 2.24) is 0 Å². The summed E-state index contributed by atoms with van der Waals surface area (Å²) in [6, 6.07) is 0. The Hall–Kier alpha value is -0.780. The highest BCUT2D eigenvalue weighted by Crippen LogP contribution is 2.09. The van der Waals surface area contributed by atoms with E-state index in [4.69, 9.17) is 0 Å².